The fourth-order valence-electron chi connectivity index (χ4n) is 1.75. The highest BCUT2D eigenvalue weighted by molar-refractivity contribution is 6.30. The second-order valence-corrected chi connectivity index (χ2v) is 4.19. The molecule has 0 amide bonds. The molecule has 0 aromatic carbocycles. The Morgan fingerprint density at radius 3 is 2.65 bits per heavy atom. The average Bonchev–Trinajstić information content (AvgIpc) is 2.61. The quantitative estimate of drug-likeness (QED) is 0.786. The van der Waals surface area contributed by atoms with Crippen LogP contribution in [0.3, 0.4) is 0 Å². The summed E-state index contributed by atoms with van der Waals surface area (Å²) < 4.78 is 1.72. The molecule has 0 saturated carbocycles. The van der Waals surface area contributed by atoms with Crippen molar-refractivity contribution in [2.75, 3.05) is 0 Å². The lowest BCUT2D eigenvalue weighted by atomic mass is 10.2. The maximum Gasteiger partial charge on any atom is 0.163 e. The minimum absolute atomic E-state index is 0.490. The van der Waals surface area contributed by atoms with Gasteiger partial charge in [-0.15, -0.1) is 5.10 Å². The fraction of sp³-hybridized carbons (Fsp3) is 0.455. The molecule has 0 bridgehead atoms. The topological polar surface area (TPSA) is 56.5 Å². The largest absolute Gasteiger partial charge is 0.224 e. The fourth-order valence-corrected chi connectivity index (χ4v) is 1.97. The van der Waals surface area contributed by atoms with Crippen LogP contribution in [-0.2, 0) is 6.42 Å². The summed E-state index contributed by atoms with van der Waals surface area (Å²) in [5.41, 5.74) is 0.921. The lowest BCUT2D eigenvalue weighted by molar-refractivity contribution is 0.769. The van der Waals surface area contributed by atoms with Crippen LogP contribution in [0.1, 0.15) is 30.6 Å². The first kappa shape index (κ1) is 12.0. The van der Waals surface area contributed by atoms with Crippen LogP contribution in [0.2, 0.25) is 5.15 Å². The molecule has 0 N–H and O–H groups in total. The summed E-state index contributed by atoms with van der Waals surface area (Å²) in [5, 5.41) is 4.81. The predicted molar refractivity (Wildman–Crippen MR) is 65.4 cm³/mol. The van der Waals surface area contributed by atoms with E-state index in [-0.39, 0.29) is 0 Å². The molecule has 0 aliphatic carbocycles. The first-order chi connectivity index (χ1) is 8.13. The van der Waals surface area contributed by atoms with Gasteiger partial charge in [-0.2, -0.15) is 4.68 Å². The van der Waals surface area contributed by atoms with Gasteiger partial charge in [-0.05, 0) is 20.3 Å². The highest BCUT2D eigenvalue weighted by atomic mass is 35.5. The molecular weight excluding hydrogens is 238 g/mol. The molecule has 90 valence electrons. The second-order valence-electron chi connectivity index (χ2n) is 3.83. The van der Waals surface area contributed by atoms with Crippen molar-refractivity contribution in [2.24, 2.45) is 0 Å². The van der Waals surface area contributed by atoms with Gasteiger partial charge in [0, 0.05) is 5.56 Å². The monoisotopic (exact) mass is 251 g/mol. The van der Waals surface area contributed by atoms with Gasteiger partial charge in [0.05, 0.1) is 0 Å². The normalized spacial score (nSPS) is 10.8. The third-order valence-electron chi connectivity index (χ3n) is 2.45. The van der Waals surface area contributed by atoms with E-state index in [4.69, 9.17) is 11.6 Å². The summed E-state index contributed by atoms with van der Waals surface area (Å²) in [7, 11) is 0. The molecule has 17 heavy (non-hydrogen) atoms. The summed E-state index contributed by atoms with van der Waals surface area (Å²) in [6.45, 7) is 5.84. The summed E-state index contributed by atoms with van der Waals surface area (Å²) in [6.07, 6.45) is 3.26. The summed E-state index contributed by atoms with van der Waals surface area (Å²) in [4.78, 5) is 12.5. The van der Waals surface area contributed by atoms with Gasteiger partial charge >= 0.3 is 0 Å². The molecule has 0 unspecified atom stereocenters. The SMILES string of the molecule is CCCc1c(Cl)ncnc1-n1nc(C)nc1C. The van der Waals surface area contributed by atoms with Gasteiger partial charge in [0.15, 0.2) is 5.82 Å². The Balaban J connectivity index is 2.58. The lowest BCUT2D eigenvalue weighted by Gasteiger charge is -2.09. The lowest BCUT2D eigenvalue weighted by Crippen LogP contribution is -2.08. The number of aromatic nitrogens is 5. The maximum atomic E-state index is 6.10. The molecule has 0 fully saturated rings. The van der Waals surface area contributed by atoms with Gasteiger partial charge in [0.1, 0.15) is 23.1 Å². The molecule has 0 saturated heterocycles. The zero-order valence-electron chi connectivity index (χ0n) is 10.1. The van der Waals surface area contributed by atoms with Gasteiger partial charge in [-0.25, -0.2) is 15.0 Å². The van der Waals surface area contributed by atoms with Gasteiger partial charge in [-0.1, -0.05) is 24.9 Å². The van der Waals surface area contributed by atoms with Gasteiger partial charge in [0.2, 0.25) is 0 Å². The van der Waals surface area contributed by atoms with Crippen LogP contribution in [-0.4, -0.2) is 24.7 Å². The van der Waals surface area contributed by atoms with E-state index in [0.717, 1.165) is 35.9 Å². The highest BCUT2D eigenvalue weighted by Gasteiger charge is 2.14. The summed E-state index contributed by atoms with van der Waals surface area (Å²) in [6, 6.07) is 0. The van der Waals surface area contributed by atoms with Crippen LogP contribution in [0.4, 0.5) is 0 Å². The van der Waals surface area contributed by atoms with Crippen molar-refractivity contribution in [1.82, 2.24) is 24.7 Å². The first-order valence-corrected chi connectivity index (χ1v) is 5.91. The minimum Gasteiger partial charge on any atom is -0.224 e. The number of rotatable bonds is 3. The Morgan fingerprint density at radius 1 is 1.29 bits per heavy atom. The van der Waals surface area contributed by atoms with Crippen molar-refractivity contribution in [3.05, 3.63) is 28.7 Å². The van der Waals surface area contributed by atoms with Crippen LogP contribution < -0.4 is 0 Å². The van der Waals surface area contributed by atoms with E-state index in [0.29, 0.717) is 5.15 Å². The minimum atomic E-state index is 0.490. The Hall–Kier alpha value is -1.49. The molecule has 0 aliphatic heterocycles. The second kappa shape index (κ2) is 4.79. The van der Waals surface area contributed by atoms with Crippen LogP contribution >= 0.6 is 11.6 Å². The maximum absolute atomic E-state index is 6.10. The number of hydrogen-bond donors (Lipinski definition) is 0. The van der Waals surface area contributed by atoms with Crippen molar-refractivity contribution in [3.63, 3.8) is 0 Å². The van der Waals surface area contributed by atoms with Crippen LogP contribution in [0.25, 0.3) is 5.82 Å². The molecule has 0 spiro atoms. The standard InChI is InChI=1S/C11H14ClN5/c1-4-5-9-10(12)13-6-14-11(9)17-8(3)15-7(2)16-17/h6H,4-5H2,1-3H3. The molecule has 2 heterocycles. The Bertz CT molecular complexity index is 535. The molecule has 0 radical (unpaired) electrons. The first-order valence-electron chi connectivity index (χ1n) is 5.53. The molecular formula is C11H14ClN5. The van der Waals surface area contributed by atoms with E-state index in [1.807, 2.05) is 13.8 Å². The smallest absolute Gasteiger partial charge is 0.163 e. The molecule has 2 rings (SSSR count). The molecule has 2 aromatic rings. The van der Waals surface area contributed by atoms with E-state index in [2.05, 4.69) is 27.0 Å². The van der Waals surface area contributed by atoms with Gasteiger partial charge in [-0.3, -0.25) is 0 Å². The number of aryl methyl sites for hydroxylation is 2. The number of hydrogen-bond acceptors (Lipinski definition) is 4. The highest BCUT2D eigenvalue weighted by Crippen LogP contribution is 2.20. The van der Waals surface area contributed by atoms with Crippen LogP contribution in [0.5, 0.6) is 0 Å². The zero-order chi connectivity index (χ0) is 12.4. The van der Waals surface area contributed by atoms with Gasteiger partial charge in [0.25, 0.3) is 0 Å². The summed E-state index contributed by atoms with van der Waals surface area (Å²) >= 11 is 6.10. The van der Waals surface area contributed by atoms with Crippen molar-refractivity contribution >= 4 is 11.6 Å². The molecule has 6 heteroatoms. The van der Waals surface area contributed by atoms with E-state index >= 15 is 0 Å². The molecule has 0 atom stereocenters. The number of halogens is 1. The van der Waals surface area contributed by atoms with Crippen molar-refractivity contribution in [3.8, 4) is 5.82 Å². The van der Waals surface area contributed by atoms with Crippen molar-refractivity contribution < 1.29 is 0 Å². The van der Waals surface area contributed by atoms with E-state index in [1.165, 1.54) is 6.33 Å². The third kappa shape index (κ3) is 2.29. The zero-order valence-corrected chi connectivity index (χ0v) is 10.9. The van der Waals surface area contributed by atoms with E-state index < -0.39 is 0 Å². The third-order valence-corrected chi connectivity index (χ3v) is 2.77. The predicted octanol–water partition coefficient (Wildman–Crippen LogP) is 2.28. The van der Waals surface area contributed by atoms with Crippen LogP contribution in [0.15, 0.2) is 6.33 Å². The number of nitrogens with zero attached hydrogens (tertiary/aromatic N) is 5. The molecule has 0 aliphatic rings. The molecule has 5 nitrogen and oxygen atoms in total. The van der Waals surface area contributed by atoms with Crippen molar-refractivity contribution in [2.45, 2.75) is 33.6 Å². The van der Waals surface area contributed by atoms with Gasteiger partial charge < -0.3 is 0 Å². The Labute approximate surface area is 105 Å². The van der Waals surface area contributed by atoms with Crippen LogP contribution in [0, 0.1) is 13.8 Å². The van der Waals surface area contributed by atoms with E-state index in [1.54, 1.807) is 4.68 Å². The average molecular weight is 252 g/mol. The Morgan fingerprint density at radius 2 is 2.06 bits per heavy atom. The Kier molecular flexibility index (Phi) is 3.38. The van der Waals surface area contributed by atoms with Crippen molar-refractivity contribution in [1.29, 1.82) is 0 Å². The molecule has 2 aromatic heterocycles. The van der Waals surface area contributed by atoms with E-state index in [9.17, 15) is 0 Å². The summed E-state index contributed by atoms with van der Waals surface area (Å²) in [5.74, 6) is 2.25.